The van der Waals surface area contributed by atoms with Gasteiger partial charge in [-0.2, -0.15) is 0 Å². The number of anilines is 2. The lowest BCUT2D eigenvalue weighted by atomic mass is 10.3. The molecular weight excluding hydrogens is 248 g/mol. The van der Waals surface area contributed by atoms with Gasteiger partial charge < -0.3 is 16.4 Å². The fourth-order valence-electron chi connectivity index (χ4n) is 0.894. The zero-order chi connectivity index (χ0) is 10.6. The van der Waals surface area contributed by atoms with Gasteiger partial charge in [-0.05, 0) is 15.9 Å². The monoisotopic (exact) mass is 258 g/mol. The van der Waals surface area contributed by atoms with Crippen molar-refractivity contribution < 1.29 is 4.79 Å². The molecule has 5 nitrogen and oxygen atoms in total. The van der Waals surface area contributed by atoms with Gasteiger partial charge in [0, 0.05) is 13.2 Å². The highest BCUT2D eigenvalue weighted by atomic mass is 79.9. The van der Waals surface area contributed by atoms with Crippen LogP contribution in [-0.4, -0.2) is 24.5 Å². The van der Waals surface area contributed by atoms with Crippen LogP contribution in [0.3, 0.4) is 0 Å². The number of nitrogens with two attached hydrogens (primary N) is 1. The Morgan fingerprint density at radius 2 is 2.36 bits per heavy atom. The zero-order valence-corrected chi connectivity index (χ0v) is 9.26. The lowest BCUT2D eigenvalue weighted by molar-refractivity contribution is -0.118. The second kappa shape index (κ2) is 4.80. The Morgan fingerprint density at radius 3 is 2.93 bits per heavy atom. The minimum atomic E-state index is -0.104. The molecule has 0 unspecified atom stereocenters. The van der Waals surface area contributed by atoms with Gasteiger partial charge in [0.1, 0.15) is 0 Å². The van der Waals surface area contributed by atoms with Crippen molar-refractivity contribution in [2.45, 2.75) is 0 Å². The van der Waals surface area contributed by atoms with Crippen LogP contribution >= 0.6 is 15.9 Å². The van der Waals surface area contributed by atoms with Crippen molar-refractivity contribution in [1.82, 2.24) is 10.3 Å². The minimum Gasteiger partial charge on any atom is -0.396 e. The number of nitrogens with one attached hydrogen (secondary N) is 2. The normalized spacial score (nSPS) is 9.57. The van der Waals surface area contributed by atoms with E-state index in [4.69, 9.17) is 5.73 Å². The van der Waals surface area contributed by atoms with Gasteiger partial charge in [0.05, 0.1) is 28.6 Å². The molecule has 0 saturated carbocycles. The number of carbonyl (C=O) groups excluding carboxylic acids is 1. The fourth-order valence-corrected chi connectivity index (χ4v) is 1.38. The first-order valence-electron chi connectivity index (χ1n) is 3.98. The molecule has 1 aromatic rings. The molecule has 76 valence electrons. The van der Waals surface area contributed by atoms with E-state index in [0.29, 0.717) is 11.4 Å². The SMILES string of the molecule is CNC(=O)CNc1c(N)cncc1Br. The Hall–Kier alpha value is -1.30. The van der Waals surface area contributed by atoms with Crippen molar-refractivity contribution in [3.8, 4) is 0 Å². The topological polar surface area (TPSA) is 80.0 Å². The number of rotatable bonds is 3. The van der Waals surface area contributed by atoms with Crippen molar-refractivity contribution in [3.05, 3.63) is 16.9 Å². The molecule has 0 aliphatic heterocycles. The summed E-state index contributed by atoms with van der Waals surface area (Å²) >= 11 is 3.28. The summed E-state index contributed by atoms with van der Waals surface area (Å²) in [5.74, 6) is -0.104. The maximum Gasteiger partial charge on any atom is 0.239 e. The number of nitrogens with zero attached hydrogens (tertiary/aromatic N) is 1. The van der Waals surface area contributed by atoms with Crippen LogP contribution in [0.25, 0.3) is 0 Å². The second-order valence-corrected chi connectivity index (χ2v) is 3.47. The molecule has 0 aliphatic rings. The summed E-state index contributed by atoms with van der Waals surface area (Å²) < 4.78 is 0.737. The van der Waals surface area contributed by atoms with Crippen LogP contribution in [0.5, 0.6) is 0 Å². The van der Waals surface area contributed by atoms with Crippen LogP contribution in [0.2, 0.25) is 0 Å². The van der Waals surface area contributed by atoms with Gasteiger partial charge in [0.25, 0.3) is 0 Å². The average Bonchev–Trinajstić information content (AvgIpc) is 2.16. The maximum absolute atomic E-state index is 11.0. The van der Waals surface area contributed by atoms with E-state index in [-0.39, 0.29) is 12.5 Å². The lowest BCUT2D eigenvalue weighted by Crippen LogP contribution is -2.26. The quantitative estimate of drug-likeness (QED) is 0.742. The molecule has 1 aromatic heterocycles. The summed E-state index contributed by atoms with van der Waals surface area (Å²) in [6.07, 6.45) is 3.14. The third kappa shape index (κ3) is 2.59. The number of amides is 1. The van der Waals surface area contributed by atoms with Crippen molar-refractivity contribution in [3.63, 3.8) is 0 Å². The molecular formula is C8H11BrN4O. The first-order valence-corrected chi connectivity index (χ1v) is 4.78. The number of nitrogen functional groups attached to an aromatic ring is 1. The summed E-state index contributed by atoms with van der Waals surface area (Å²) in [4.78, 5) is 14.8. The summed E-state index contributed by atoms with van der Waals surface area (Å²) in [5.41, 5.74) is 6.85. The lowest BCUT2D eigenvalue weighted by Gasteiger charge is -2.09. The molecule has 0 atom stereocenters. The van der Waals surface area contributed by atoms with Gasteiger partial charge in [-0.25, -0.2) is 0 Å². The molecule has 0 saturated heterocycles. The maximum atomic E-state index is 11.0. The Morgan fingerprint density at radius 1 is 1.64 bits per heavy atom. The van der Waals surface area contributed by atoms with Crippen LogP contribution in [0.4, 0.5) is 11.4 Å². The molecule has 0 aliphatic carbocycles. The highest BCUT2D eigenvalue weighted by molar-refractivity contribution is 9.10. The first kappa shape index (κ1) is 10.8. The highest BCUT2D eigenvalue weighted by Gasteiger charge is 2.05. The third-order valence-electron chi connectivity index (χ3n) is 1.63. The van der Waals surface area contributed by atoms with E-state index in [1.54, 1.807) is 13.2 Å². The van der Waals surface area contributed by atoms with Crippen LogP contribution in [0.15, 0.2) is 16.9 Å². The van der Waals surface area contributed by atoms with Crippen molar-refractivity contribution in [2.24, 2.45) is 0 Å². The van der Waals surface area contributed by atoms with Crippen LogP contribution in [-0.2, 0) is 4.79 Å². The number of carbonyl (C=O) groups is 1. The molecule has 6 heteroatoms. The summed E-state index contributed by atoms with van der Waals surface area (Å²) in [6.45, 7) is 0.184. The second-order valence-electron chi connectivity index (χ2n) is 2.61. The smallest absolute Gasteiger partial charge is 0.239 e. The van der Waals surface area contributed by atoms with E-state index < -0.39 is 0 Å². The number of aromatic nitrogens is 1. The summed E-state index contributed by atoms with van der Waals surface area (Å²) in [5, 5.41) is 5.41. The van der Waals surface area contributed by atoms with Crippen molar-refractivity contribution in [1.29, 1.82) is 0 Å². The van der Waals surface area contributed by atoms with Gasteiger partial charge in [0.2, 0.25) is 5.91 Å². The largest absolute Gasteiger partial charge is 0.396 e. The number of halogens is 1. The standard InChI is InChI=1S/C8H11BrN4O/c1-11-7(14)4-13-8-5(9)2-12-3-6(8)10/h2-3H,4,10H2,1H3,(H,11,14)(H,12,13). The minimum absolute atomic E-state index is 0.104. The van der Waals surface area contributed by atoms with E-state index in [2.05, 4.69) is 31.5 Å². The van der Waals surface area contributed by atoms with Gasteiger partial charge in [-0.1, -0.05) is 0 Å². The van der Waals surface area contributed by atoms with E-state index in [9.17, 15) is 4.79 Å². The predicted molar refractivity (Wildman–Crippen MR) is 58.9 cm³/mol. The fraction of sp³-hybridized carbons (Fsp3) is 0.250. The average molecular weight is 259 g/mol. The number of pyridine rings is 1. The Bertz CT molecular complexity index is 322. The Kier molecular flexibility index (Phi) is 3.70. The molecule has 0 fully saturated rings. The summed E-state index contributed by atoms with van der Waals surface area (Å²) in [6, 6.07) is 0. The number of likely N-dealkylation sites (N-methyl/N-ethyl adjacent to an activating group) is 1. The molecule has 0 aromatic carbocycles. The molecule has 0 radical (unpaired) electrons. The van der Waals surface area contributed by atoms with Gasteiger partial charge in [0.15, 0.2) is 0 Å². The van der Waals surface area contributed by atoms with E-state index in [1.165, 1.54) is 6.20 Å². The van der Waals surface area contributed by atoms with Gasteiger partial charge in [-0.15, -0.1) is 0 Å². The Labute approximate surface area is 90.2 Å². The number of hydrogen-bond donors (Lipinski definition) is 3. The zero-order valence-electron chi connectivity index (χ0n) is 7.67. The molecule has 0 spiro atoms. The van der Waals surface area contributed by atoms with Crippen LogP contribution < -0.4 is 16.4 Å². The molecule has 1 heterocycles. The van der Waals surface area contributed by atoms with E-state index >= 15 is 0 Å². The third-order valence-corrected chi connectivity index (χ3v) is 2.23. The molecule has 14 heavy (non-hydrogen) atoms. The van der Waals surface area contributed by atoms with Gasteiger partial charge >= 0.3 is 0 Å². The predicted octanol–water partition coefficient (Wildman–Crippen LogP) is 0.584. The van der Waals surface area contributed by atoms with Crippen molar-refractivity contribution in [2.75, 3.05) is 24.6 Å². The van der Waals surface area contributed by atoms with Crippen LogP contribution in [0, 0.1) is 0 Å². The molecule has 4 N–H and O–H groups in total. The van der Waals surface area contributed by atoms with E-state index in [1.807, 2.05) is 0 Å². The molecule has 1 rings (SSSR count). The van der Waals surface area contributed by atoms with Crippen molar-refractivity contribution >= 4 is 33.2 Å². The molecule has 0 bridgehead atoms. The Balaban J connectivity index is 2.71. The molecule has 1 amide bonds. The van der Waals surface area contributed by atoms with E-state index in [0.717, 1.165) is 4.47 Å². The summed E-state index contributed by atoms with van der Waals surface area (Å²) in [7, 11) is 1.58. The van der Waals surface area contributed by atoms with Crippen LogP contribution in [0.1, 0.15) is 0 Å². The first-order chi connectivity index (χ1) is 6.65. The van der Waals surface area contributed by atoms with Gasteiger partial charge in [-0.3, -0.25) is 9.78 Å². The number of hydrogen-bond acceptors (Lipinski definition) is 4. The highest BCUT2D eigenvalue weighted by Crippen LogP contribution is 2.26.